The molecule has 1 amide bonds. The van der Waals surface area contributed by atoms with E-state index in [0.29, 0.717) is 27.5 Å². The fourth-order valence-corrected chi connectivity index (χ4v) is 2.34. The van der Waals surface area contributed by atoms with Crippen molar-refractivity contribution >= 4 is 39.2 Å². The Labute approximate surface area is 137 Å². The highest BCUT2D eigenvalue weighted by molar-refractivity contribution is 9.10. The molecule has 0 unspecified atom stereocenters. The molecule has 0 bridgehead atoms. The Morgan fingerprint density at radius 1 is 1.38 bits per heavy atom. The van der Waals surface area contributed by atoms with Crippen molar-refractivity contribution < 1.29 is 14.3 Å². The van der Waals surface area contributed by atoms with E-state index in [9.17, 15) is 4.79 Å². The van der Waals surface area contributed by atoms with Crippen molar-refractivity contribution in [3.8, 4) is 5.75 Å². The Hall–Kier alpha value is -1.38. The van der Waals surface area contributed by atoms with Crippen LogP contribution in [0.2, 0.25) is 0 Å². The van der Waals surface area contributed by atoms with Crippen molar-refractivity contribution in [3.05, 3.63) is 28.2 Å². The minimum Gasteiger partial charge on any atom is -0.496 e. The Bertz CT molecular complexity index is 513. The summed E-state index contributed by atoms with van der Waals surface area (Å²) in [7, 11) is 3.17. The predicted octanol–water partition coefficient (Wildman–Crippen LogP) is 1.60. The van der Waals surface area contributed by atoms with E-state index in [4.69, 9.17) is 21.7 Å². The lowest BCUT2D eigenvalue weighted by atomic mass is 10.2. The Balaban J connectivity index is 2.50. The summed E-state index contributed by atoms with van der Waals surface area (Å²) >= 11 is 8.38. The first-order valence-electron chi connectivity index (χ1n) is 6.17. The lowest BCUT2D eigenvalue weighted by molar-refractivity contribution is 0.0943. The van der Waals surface area contributed by atoms with Crippen LogP contribution in [0.4, 0.5) is 0 Å². The Morgan fingerprint density at radius 2 is 2.10 bits per heavy atom. The van der Waals surface area contributed by atoms with E-state index >= 15 is 0 Å². The van der Waals surface area contributed by atoms with Crippen molar-refractivity contribution in [1.29, 1.82) is 0 Å². The van der Waals surface area contributed by atoms with Crippen LogP contribution in [-0.2, 0) is 4.74 Å². The summed E-state index contributed by atoms with van der Waals surface area (Å²) in [6.07, 6.45) is 0. The van der Waals surface area contributed by atoms with E-state index in [1.165, 1.54) is 0 Å². The Kier molecular flexibility index (Phi) is 7.41. The molecule has 0 fully saturated rings. The lowest BCUT2D eigenvalue weighted by Gasteiger charge is -2.16. The van der Waals surface area contributed by atoms with Crippen LogP contribution in [0.1, 0.15) is 17.3 Å². The van der Waals surface area contributed by atoms with E-state index in [-0.39, 0.29) is 11.9 Å². The van der Waals surface area contributed by atoms with Crippen LogP contribution in [0.3, 0.4) is 0 Å². The molecule has 0 aliphatic heterocycles. The van der Waals surface area contributed by atoms with E-state index < -0.39 is 0 Å². The van der Waals surface area contributed by atoms with Gasteiger partial charge in [0.25, 0.3) is 5.91 Å². The minimum absolute atomic E-state index is 0.0435. The molecule has 21 heavy (non-hydrogen) atoms. The van der Waals surface area contributed by atoms with Gasteiger partial charge in [-0.05, 0) is 53.3 Å². The standard InChI is InChI=1S/C13H18BrN3O3S/c1-8(7-19-2)15-13(21)17-16-12(18)9-4-5-11(20-3)10(14)6-9/h4-6,8H,7H2,1-3H3,(H,16,18)(H2,15,17,21)/t8-/m1/s1. The summed E-state index contributed by atoms with van der Waals surface area (Å²) in [5.74, 6) is 0.354. The maximum Gasteiger partial charge on any atom is 0.269 e. The number of halogens is 1. The van der Waals surface area contributed by atoms with Crippen molar-refractivity contribution in [2.24, 2.45) is 0 Å². The van der Waals surface area contributed by atoms with Crippen LogP contribution < -0.4 is 20.9 Å². The summed E-state index contributed by atoms with van der Waals surface area (Å²) in [6, 6.07) is 5.07. The fourth-order valence-electron chi connectivity index (χ4n) is 1.54. The van der Waals surface area contributed by atoms with E-state index in [1.54, 1.807) is 32.4 Å². The zero-order valence-electron chi connectivity index (χ0n) is 12.0. The van der Waals surface area contributed by atoms with Crippen LogP contribution in [0.25, 0.3) is 0 Å². The van der Waals surface area contributed by atoms with Gasteiger partial charge in [0, 0.05) is 18.7 Å². The third-order valence-corrected chi connectivity index (χ3v) is 3.34. The molecule has 116 valence electrons. The van der Waals surface area contributed by atoms with E-state index in [0.717, 1.165) is 0 Å². The zero-order chi connectivity index (χ0) is 15.8. The molecule has 0 heterocycles. The van der Waals surface area contributed by atoms with Crippen LogP contribution in [-0.4, -0.2) is 37.9 Å². The molecule has 0 radical (unpaired) electrons. The second kappa shape index (κ2) is 8.81. The molecule has 0 aliphatic carbocycles. The molecular weight excluding hydrogens is 358 g/mol. The van der Waals surface area contributed by atoms with Crippen LogP contribution in [0.15, 0.2) is 22.7 Å². The molecule has 8 heteroatoms. The molecule has 3 N–H and O–H groups in total. The number of carbonyl (C=O) groups is 1. The highest BCUT2D eigenvalue weighted by atomic mass is 79.9. The van der Waals surface area contributed by atoms with Gasteiger partial charge in [-0.25, -0.2) is 0 Å². The molecule has 1 aromatic rings. The summed E-state index contributed by atoms with van der Waals surface area (Å²) in [5, 5.41) is 3.29. The third-order valence-electron chi connectivity index (χ3n) is 2.50. The number of hydrogen-bond donors (Lipinski definition) is 3. The van der Waals surface area contributed by atoms with Gasteiger partial charge in [0.2, 0.25) is 0 Å². The highest BCUT2D eigenvalue weighted by Crippen LogP contribution is 2.25. The van der Waals surface area contributed by atoms with Gasteiger partial charge >= 0.3 is 0 Å². The second-order valence-electron chi connectivity index (χ2n) is 4.26. The van der Waals surface area contributed by atoms with E-state index in [2.05, 4.69) is 32.1 Å². The topological polar surface area (TPSA) is 71.6 Å². The van der Waals surface area contributed by atoms with Gasteiger partial charge in [0.15, 0.2) is 5.11 Å². The Morgan fingerprint density at radius 3 is 2.67 bits per heavy atom. The maximum atomic E-state index is 12.0. The van der Waals surface area contributed by atoms with Crippen LogP contribution in [0, 0.1) is 0 Å². The van der Waals surface area contributed by atoms with Crippen LogP contribution >= 0.6 is 28.1 Å². The number of nitrogens with one attached hydrogen (secondary N) is 3. The zero-order valence-corrected chi connectivity index (χ0v) is 14.4. The fraction of sp³-hybridized carbons (Fsp3) is 0.385. The number of amides is 1. The minimum atomic E-state index is -0.304. The van der Waals surface area contributed by atoms with Gasteiger partial charge < -0.3 is 14.8 Å². The summed E-state index contributed by atoms with van der Waals surface area (Å²) < 4.78 is 10.8. The van der Waals surface area contributed by atoms with E-state index in [1.807, 2.05) is 6.92 Å². The molecular formula is C13H18BrN3O3S. The predicted molar refractivity (Wildman–Crippen MR) is 88.4 cm³/mol. The van der Waals surface area contributed by atoms with Crippen molar-refractivity contribution in [1.82, 2.24) is 16.2 Å². The summed E-state index contributed by atoms with van der Waals surface area (Å²) in [6.45, 7) is 2.43. The van der Waals surface area contributed by atoms with Crippen molar-refractivity contribution in [2.75, 3.05) is 20.8 Å². The molecule has 1 aromatic carbocycles. The number of hydrogen-bond acceptors (Lipinski definition) is 4. The first kappa shape index (κ1) is 17.7. The van der Waals surface area contributed by atoms with Gasteiger partial charge in [0.1, 0.15) is 5.75 Å². The van der Waals surface area contributed by atoms with Gasteiger partial charge in [-0.1, -0.05) is 0 Å². The average molecular weight is 376 g/mol. The molecule has 0 aromatic heterocycles. The number of hydrazine groups is 1. The number of methoxy groups -OCH3 is 2. The van der Waals surface area contributed by atoms with Gasteiger partial charge in [0.05, 0.1) is 18.2 Å². The SMILES string of the molecule is COC[C@@H](C)NC(=S)NNC(=O)c1ccc(OC)c(Br)c1. The first-order chi connectivity index (χ1) is 9.97. The molecule has 1 rings (SSSR count). The molecule has 0 saturated carbocycles. The number of carbonyl (C=O) groups excluding carboxylic acids is 1. The van der Waals surface area contributed by atoms with Crippen LogP contribution in [0.5, 0.6) is 5.75 Å². The first-order valence-corrected chi connectivity index (χ1v) is 7.37. The summed E-state index contributed by atoms with van der Waals surface area (Å²) in [5.41, 5.74) is 5.63. The third kappa shape index (κ3) is 5.86. The quantitative estimate of drug-likeness (QED) is 0.536. The van der Waals surface area contributed by atoms with Gasteiger partial charge in [-0.2, -0.15) is 0 Å². The molecule has 1 atom stereocenters. The molecule has 6 nitrogen and oxygen atoms in total. The van der Waals surface area contributed by atoms with Gasteiger partial charge in [-0.15, -0.1) is 0 Å². The highest BCUT2D eigenvalue weighted by Gasteiger charge is 2.09. The molecule has 0 spiro atoms. The van der Waals surface area contributed by atoms with Crippen molar-refractivity contribution in [2.45, 2.75) is 13.0 Å². The normalized spacial score (nSPS) is 11.4. The maximum absolute atomic E-state index is 12.0. The molecule has 0 aliphatic rings. The number of thiocarbonyl (C=S) groups is 1. The van der Waals surface area contributed by atoms with Gasteiger partial charge in [-0.3, -0.25) is 15.6 Å². The monoisotopic (exact) mass is 375 g/mol. The second-order valence-corrected chi connectivity index (χ2v) is 5.52. The lowest BCUT2D eigenvalue weighted by Crippen LogP contribution is -2.49. The smallest absolute Gasteiger partial charge is 0.269 e. The molecule has 0 saturated heterocycles. The summed E-state index contributed by atoms with van der Waals surface area (Å²) in [4.78, 5) is 12.0. The number of rotatable bonds is 5. The number of ether oxygens (including phenoxy) is 2. The number of benzene rings is 1. The van der Waals surface area contributed by atoms with Crippen molar-refractivity contribution in [3.63, 3.8) is 0 Å². The average Bonchev–Trinajstić information content (AvgIpc) is 2.44. The largest absolute Gasteiger partial charge is 0.496 e.